The van der Waals surface area contributed by atoms with Crippen molar-refractivity contribution in [2.45, 2.75) is 40.5 Å². The van der Waals surface area contributed by atoms with Gasteiger partial charge in [0, 0.05) is 0 Å². The summed E-state index contributed by atoms with van der Waals surface area (Å²) in [6, 6.07) is 0. The second-order valence-electron chi connectivity index (χ2n) is 3.75. The molecule has 0 atom stereocenters. The monoisotopic (exact) mass is 216 g/mol. The smallest absolute Gasteiger partial charge is 0.614 e. The van der Waals surface area contributed by atoms with Crippen LogP contribution in [0.25, 0.3) is 0 Å². The first-order chi connectivity index (χ1) is 7.06. The Hall–Kier alpha value is -0.583. The molecule has 0 spiro atoms. The van der Waals surface area contributed by atoms with Crippen molar-refractivity contribution in [3.05, 3.63) is 35.3 Å². The van der Waals surface area contributed by atoms with Crippen molar-refractivity contribution in [1.29, 1.82) is 0 Å². The summed E-state index contributed by atoms with van der Waals surface area (Å²) in [4.78, 5) is 0. The minimum Gasteiger partial charge on any atom is -0.614 e. The first-order valence-electron chi connectivity index (χ1n) is 5.37. The van der Waals surface area contributed by atoms with Crippen LogP contribution >= 0.6 is 0 Å². The average Bonchev–Trinajstić information content (AvgIpc) is 2.14. The van der Waals surface area contributed by atoms with Crippen LogP contribution in [-0.4, -0.2) is 6.61 Å². The summed E-state index contributed by atoms with van der Waals surface area (Å²) in [5.74, 6) is -0.265. The van der Waals surface area contributed by atoms with Gasteiger partial charge in [-0.1, -0.05) is 30.2 Å². The third-order valence-electron chi connectivity index (χ3n) is 1.88. The maximum atomic E-state index is 11.0. The Bertz CT molecular complexity index is 261. The van der Waals surface area contributed by atoms with E-state index >= 15 is 0 Å². The van der Waals surface area contributed by atoms with Crippen molar-refractivity contribution < 1.29 is 28.7 Å². The predicted molar refractivity (Wildman–Crippen MR) is 62.1 cm³/mol. The van der Waals surface area contributed by atoms with Crippen LogP contribution in [0.1, 0.15) is 40.5 Å². The molecule has 0 aromatic carbocycles. The molecule has 0 saturated carbocycles. The molecule has 0 heterocycles. The third kappa shape index (κ3) is 11.5. The van der Waals surface area contributed by atoms with Gasteiger partial charge >= 0.3 is 18.9 Å². The number of allylic oxidation sites excluding steroid dienone is 5. The van der Waals surface area contributed by atoms with Gasteiger partial charge < -0.3 is 9.84 Å². The molecule has 86 valence electrons. The van der Waals surface area contributed by atoms with Crippen molar-refractivity contribution in [1.82, 2.24) is 0 Å². The molecule has 0 N–H and O–H groups in total. The molecule has 0 aromatic heterocycles. The molecule has 0 aliphatic carbocycles. The quantitative estimate of drug-likeness (QED) is 0.269. The van der Waals surface area contributed by atoms with Crippen LogP contribution < -0.4 is 24.0 Å². The minimum absolute atomic E-state index is 0. The summed E-state index contributed by atoms with van der Waals surface area (Å²) in [6.07, 6.45) is 7.53. The first kappa shape index (κ1) is 17.8. The molecule has 0 fully saturated rings. The second-order valence-corrected chi connectivity index (χ2v) is 3.75. The first-order valence-corrected chi connectivity index (χ1v) is 5.37. The fourth-order valence-corrected chi connectivity index (χ4v) is 1.07. The zero-order valence-corrected chi connectivity index (χ0v) is 11.2. The van der Waals surface area contributed by atoms with Gasteiger partial charge in [-0.15, -0.1) is 0 Å². The van der Waals surface area contributed by atoms with Crippen LogP contribution in [0, 0.1) is 0 Å². The van der Waals surface area contributed by atoms with Gasteiger partial charge in [-0.05, 0) is 46.3 Å². The average molecular weight is 216 g/mol. The summed E-state index contributed by atoms with van der Waals surface area (Å²) < 4.78 is 4.78. The molecule has 0 unspecified atom stereocenters. The predicted octanol–water partition coefficient (Wildman–Crippen LogP) is -0.0787. The van der Waals surface area contributed by atoms with Crippen LogP contribution in [0.15, 0.2) is 35.3 Å². The van der Waals surface area contributed by atoms with E-state index in [0.29, 0.717) is 6.61 Å². The molecular formula is C13H21LiO2. The van der Waals surface area contributed by atoms with Gasteiger partial charge in [0.05, 0.1) is 5.95 Å². The summed E-state index contributed by atoms with van der Waals surface area (Å²) in [7, 11) is 0. The van der Waals surface area contributed by atoms with Crippen LogP contribution in [0.2, 0.25) is 0 Å². The maximum Gasteiger partial charge on any atom is 1.00 e. The molecule has 0 aromatic rings. The van der Waals surface area contributed by atoms with E-state index in [4.69, 9.17) is 4.74 Å². The summed E-state index contributed by atoms with van der Waals surface area (Å²) in [5.41, 5.74) is 2.53. The zero-order valence-electron chi connectivity index (χ0n) is 11.2. The molecule has 2 nitrogen and oxygen atoms in total. The van der Waals surface area contributed by atoms with E-state index < -0.39 is 0 Å². The standard InChI is InChI=1S/C13H22O2.Li/c1-5-15-13(14)10-9-12(4)8-6-7-11(2)3;/h7,9-10,14H,5-6,8H2,1-4H3;/q;+1/p-1/b12-9+,13-10+;. The van der Waals surface area contributed by atoms with Gasteiger partial charge in [-0.2, -0.15) is 0 Å². The largest absolute Gasteiger partial charge is 1.00 e. The van der Waals surface area contributed by atoms with Gasteiger partial charge in [-0.25, -0.2) is 0 Å². The molecule has 0 bridgehead atoms. The van der Waals surface area contributed by atoms with E-state index in [1.807, 2.05) is 13.0 Å². The molecule has 0 radical (unpaired) electrons. The van der Waals surface area contributed by atoms with E-state index in [-0.39, 0.29) is 24.8 Å². The van der Waals surface area contributed by atoms with Gasteiger partial charge in [0.1, 0.15) is 0 Å². The minimum atomic E-state index is -0.265. The number of ether oxygens (including phenoxy) is 1. The van der Waals surface area contributed by atoms with E-state index in [1.54, 1.807) is 6.92 Å². The van der Waals surface area contributed by atoms with E-state index in [9.17, 15) is 5.11 Å². The van der Waals surface area contributed by atoms with Crippen molar-refractivity contribution in [3.8, 4) is 0 Å². The second kappa shape index (κ2) is 10.9. The Labute approximate surface area is 111 Å². The summed E-state index contributed by atoms with van der Waals surface area (Å²) in [5, 5.41) is 11.0. The SMILES string of the molecule is CCO/C([O-])=C/C=C(\C)CCC=C(C)C.[Li+]. The Balaban J connectivity index is 0. The van der Waals surface area contributed by atoms with Crippen LogP contribution in [0.4, 0.5) is 0 Å². The van der Waals surface area contributed by atoms with Crippen LogP contribution in [0.3, 0.4) is 0 Å². The molecule has 0 saturated heterocycles. The van der Waals surface area contributed by atoms with Crippen LogP contribution in [-0.2, 0) is 4.74 Å². The Morgan fingerprint density at radius 3 is 2.31 bits per heavy atom. The molecule has 0 rings (SSSR count). The normalized spacial score (nSPS) is 11.8. The van der Waals surface area contributed by atoms with Crippen molar-refractivity contribution in [2.75, 3.05) is 6.61 Å². The van der Waals surface area contributed by atoms with E-state index in [2.05, 4.69) is 19.9 Å². The van der Waals surface area contributed by atoms with Gasteiger partial charge in [0.25, 0.3) is 0 Å². The zero-order chi connectivity index (χ0) is 11.7. The molecule has 0 amide bonds. The Kier molecular flexibility index (Phi) is 12.1. The van der Waals surface area contributed by atoms with E-state index in [1.165, 1.54) is 17.2 Å². The van der Waals surface area contributed by atoms with Crippen molar-refractivity contribution in [3.63, 3.8) is 0 Å². The third-order valence-corrected chi connectivity index (χ3v) is 1.88. The fraction of sp³-hybridized carbons (Fsp3) is 0.538. The molecule has 3 heteroatoms. The van der Waals surface area contributed by atoms with Gasteiger partial charge in [0.15, 0.2) is 0 Å². The maximum absolute atomic E-state index is 11.0. The van der Waals surface area contributed by atoms with Crippen molar-refractivity contribution >= 4 is 0 Å². The molecular weight excluding hydrogens is 195 g/mol. The van der Waals surface area contributed by atoms with E-state index in [0.717, 1.165) is 12.8 Å². The summed E-state index contributed by atoms with van der Waals surface area (Å²) in [6.45, 7) is 8.43. The Morgan fingerprint density at radius 1 is 1.19 bits per heavy atom. The molecule has 0 aliphatic rings. The number of hydrogen-bond donors (Lipinski definition) is 0. The van der Waals surface area contributed by atoms with Crippen LogP contribution in [0.5, 0.6) is 0 Å². The van der Waals surface area contributed by atoms with Gasteiger partial charge in [-0.3, -0.25) is 0 Å². The topological polar surface area (TPSA) is 32.3 Å². The van der Waals surface area contributed by atoms with Crippen molar-refractivity contribution in [2.24, 2.45) is 0 Å². The summed E-state index contributed by atoms with van der Waals surface area (Å²) >= 11 is 0. The Morgan fingerprint density at radius 2 is 1.81 bits per heavy atom. The van der Waals surface area contributed by atoms with Gasteiger partial charge in [0.2, 0.25) is 0 Å². The molecule has 0 aliphatic heterocycles. The number of hydrogen-bond acceptors (Lipinski definition) is 2. The molecule has 16 heavy (non-hydrogen) atoms. The fourth-order valence-electron chi connectivity index (χ4n) is 1.07. The number of rotatable bonds is 6.